The first-order valence-corrected chi connectivity index (χ1v) is 6.19. The molecule has 0 bridgehead atoms. The molecule has 2 rings (SSSR count). The summed E-state index contributed by atoms with van der Waals surface area (Å²) in [6.45, 7) is 1.99. The smallest absolute Gasteiger partial charge is 0.117 e. The van der Waals surface area contributed by atoms with E-state index in [2.05, 4.69) is 22.3 Å². The van der Waals surface area contributed by atoms with Crippen LogP contribution in [0.15, 0.2) is 24.3 Å². The lowest BCUT2D eigenvalue weighted by Crippen LogP contribution is -1.91. The summed E-state index contributed by atoms with van der Waals surface area (Å²) in [5.41, 5.74) is 7.78. The van der Waals surface area contributed by atoms with Crippen molar-refractivity contribution >= 4 is 17.0 Å². The molecule has 0 atom stereocenters. The molecule has 0 unspecified atom stereocenters. The summed E-state index contributed by atoms with van der Waals surface area (Å²) in [4.78, 5) is 0. The zero-order chi connectivity index (χ0) is 11.4. The van der Waals surface area contributed by atoms with Gasteiger partial charge in [0.15, 0.2) is 0 Å². The fourth-order valence-corrected chi connectivity index (χ4v) is 2.32. The second-order valence-electron chi connectivity index (χ2n) is 3.81. The first-order chi connectivity index (χ1) is 7.74. The van der Waals surface area contributed by atoms with Crippen molar-refractivity contribution in [2.45, 2.75) is 26.2 Å². The zero-order valence-electron chi connectivity index (χ0n) is 9.31. The van der Waals surface area contributed by atoms with E-state index < -0.39 is 0 Å². The Morgan fingerprint density at radius 2 is 1.88 bits per heavy atom. The van der Waals surface area contributed by atoms with Crippen molar-refractivity contribution in [3.05, 3.63) is 39.8 Å². The maximum atomic E-state index is 5.63. The van der Waals surface area contributed by atoms with Crippen LogP contribution in [0.2, 0.25) is 0 Å². The van der Waals surface area contributed by atoms with Gasteiger partial charge < -0.3 is 5.73 Å². The van der Waals surface area contributed by atoms with Gasteiger partial charge in [-0.3, -0.25) is 0 Å². The van der Waals surface area contributed by atoms with Crippen molar-refractivity contribution in [1.29, 1.82) is 0 Å². The van der Waals surface area contributed by atoms with Crippen LogP contribution in [0.5, 0.6) is 0 Å². The average molecular weight is 233 g/mol. The molecule has 0 radical (unpaired) electrons. The number of anilines is 1. The lowest BCUT2D eigenvalue weighted by Gasteiger charge is -2.00. The molecule has 0 spiro atoms. The molecule has 1 aromatic heterocycles. The van der Waals surface area contributed by atoms with Crippen molar-refractivity contribution < 1.29 is 0 Å². The molecule has 0 amide bonds. The van der Waals surface area contributed by atoms with Crippen LogP contribution in [0.3, 0.4) is 0 Å². The maximum Gasteiger partial charge on any atom is 0.117 e. The summed E-state index contributed by atoms with van der Waals surface area (Å²) < 4.78 is 0. The van der Waals surface area contributed by atoms with E-state index in [1.165, 1.54) is 5.56 Å². The molecule has 2 N–H and O–H groups in total. The van der Waals surface area contributed by atoms with Crippen LogP contribution >= 0.6 is 11.3 Å². The van der Waals surface area contributed by atoms with Gasteiger partial charge in [0.2, 0.25) is 0 Å². The quantitative estimate of drug-likeness (QED) is 0.826. The Labute approximate surface area is 99.3 Å². The maximum absolute atomic E-state index is 5.63. The molecule has 0 aliphatic heterocycles. The van der Waals surface area contributed by atoms with Gasteiger partial charge in [-0.25, -0.2) is 0 Å². The molecular formula is C12H15N3S. The minimum Gasteiger partial charge on any atom is -0.399 e. The third-order valence-corrected chi connectivity index (χ3v) is 3.30. The summed E-state index contributed by atoms with van der Waals surface area (Å²) in [5.74, 6) is 0. The topological polar surface area (TPSA) is 51.8 Å². The standard InChI is InChI=1S/C12H15N3S/c1-9-14-15-12(16-9)4-2-3-10-5-7-11(13)8-6-10/h5-8H,2-4,13H2,1H3. The Morgan fingerprint density at radius 3 is 2.50 bits per heavy atom. The highest BCUT2D eigenvalue weighted by molar-refractivity contribution is 7.11. The number of benzene rings is 1. The van der Waals surface area contributed by atoms with Gasteiger partial charge in [-0.15, -0.1) is 21.5 Å². The number of aryl methyl sites for hydroxylation is 3. The van der Waals surface area contributed by atoms with Crippen LogP contribution < -0.4 is 5.73 Å². The highest BCUT2D eigenvalue weighted by Crippen LogP contribution is 2.13. The summed E-state index contributed by atoms with van der Waals surface area (Å²) in [6.07, 6.45) is 3.19. The lowest BCUT2D eigenvalue weighted by atomic mass is 10.1. The number of hydrogen-bond acceptors (Lipinski definition) is 4. The zero-order valence-corrected chi connectivity index (χ0v) is 10.1. The predicted octanol–water partition coefficient (Wildman–Crippen LogP) is 2.60. The number of nitrogens with zero attached hydrogens (tertiary/aromatic N) is 2. The molecule has 1 heterocycles. The fourth-order valence-electron chi connectivity index (χ4n) is 1.57. The van der Waals surface area contributed by atoms with Gasteiger partial charge in [-0.05, 0) is 37.5 Å². The minimum absolute atomic E-state index is 0.823. The monoisotopic (exact) mass is 233 g/mol. The molecule has 2 aromatic rings. The van der Waals surface area contributed by atoms with E-state index in [0.29, 0.717) is 0 Å². The Bertz CT molecular complexity index is 448. The molecule has 0 fully saturated rings. The first kappa shape index (κ1) is 11.1. The van der Waals surface area contributed by atoms with Gasteiger partial charge in [0.25, 0.3) is 0 Å². The van der Waals surface area contributed by atoms with E-state index in [-0.39, 0.29) is 0 Å². The van der Waals surface area contributed by atoms with E-state index in [4.69, 9.17) is 5.73 Å². The largest absolute Gasteiger partial charge is 0.399 e. The van der Waals surface area contributed by atoms with E-state index in [9.17, 15) is 0 Å². The van der Waals surface area contributed by atoms with Crippen molar-refractivity contribution in [2.24, 2.45) is 0 Å². The van der Waals surface area contributed by atoms with Crippen LogP contribution in [-0.2, 0) is 12.8 Å². The van der Waals surface area contributed by atoms with Gasteiger partial charge in [0.05, 0.1) is 0 Å². The Balaban J connectivity index is 1.82. The van der Waals surface area contributed by atoms with Crippen LogP contribution in [-0.4, -0.2) is 10.2 Å². The Morgan fingerprint density at radius 1 is 1.12 bits per heavy atom. The summed E-state index contributed by atoms with van der Waals surface area (Å²) >= 11 is 1.68. The van der Waals surface area contributed by atoms with Crippen molar-refractivity contribution in [3.8, 4) is 0 Å². The van der Waals surface area contributed by atoms with Gasteiger partial charge >= 0.3 is 0 Å². The lowest BCUT2D eigenvalue weighted by molar-refractivity contribution is 0.800. The molecule has 84 valence electrons. The molecule has 0 saturated carbocycles. The van der Waals surface area contributed by atoms with Gasteiger partial charge in [-0.1, -0.05) is 12.1 Å². The van der Waals surface area contributed by atoms with E-state index in [1.54, 1.807) is 11.3 Å². The molecule has 16 heavy (non-hydrogen) atoms. The van der Waals surface area contributed by atoms with Gasteiger partial charge in [-0.2, -0.15) is 0 Å². The molecular weight excluding hydrogens is 218 g/mol. The highest BCUT2D eigenvalue weighted by atomic mass is 32.1. The number of nitrogen functional groups attached to an aromatic ring is 1. The second-order valence-corrected chi connectivity index (χ2v) is 5.08. The molecule has 0 saturated heterocycles. The summed E-state index contributed by atoms with van der Waals surface area (Å²) in [5, 5.41) is 10.3. The molecule has 1 aromatic carbocycles. The minimum atomic E-state index is 0.823. The summed E-state index contributed by atoms with van der Waals surface area (Å²) in [7, 11) is 0. The number of nitrogens with two attached hydrogens (primary N) is 1. The number of aromatic nitrogens is 2. The SMILES string of the molecule is Cc1nnc(CCCc2ccc(N)cc2)s1. The molecule has 0 aliphatic rings. The van der Waals surface area contributed by atoms with Crippen LogP contribution in [0.4, 0.5) is 5.69 Å². The van der Waals surface area contributed by atoms with Gasteiger partial charge in [0.1, 0.15) is 10.0 Å². The van der Waals surface area contributed by atoms with Crippen LogP contribution in [0.1, 0.15) is 22.0 Å². The molecule has 3 nitrogen and oxygen atoms in total. The van der Waals surface area contributed by atoms with Gasteiger partial charge in [0, 0.05) is 12.1 Å². The summed E-state index contributed by atoms with van der Waals surface area (Å²) in [6, 6.07) is 8.07. The Hall–Kier alpha value is -1.42. The van der Waals surface area contributed by atoms with E-state index in [0.717, 1.165) is 35.0 Å². The average Bonchev–Trinajstić information content (AvgIpc) is 2.67. The van der Waals surface area contributed by atoms with E-state index in [1.807, 2.05) is 19.1 Å². The Kier molecular flexibility index (Phi) is 3.51. The number of rotatable bonds is 4. The molecule has 4 heteroatoms. The van der Waals surface area contributed by atoms with Crippen molar-refractivity contribution in [1.82, 2.24) is 10.2 Å². The third kappa shape index (κ3) is 3.03. The first-order valence-electron chi connectivity index (χ1n) is 5.37. The molecule has 0 aliphatic carbocycles. The second kappa shape index (κ2) is 5.07. The van der Waals surface area contributed by atoms with Crippen molar-refractivity contribution in [3.63, 3.8) is 0 Å². The normalized spacial score (nSPS) is 10.6. The third-order valence-electron chi connectivity index (χ3n) is 2.40. The van der Waals surface area contributed by atoms with Crippen LogP contribution in [0.25, 0.3) is 0 Å². The van der Waals surface area contributed by atoms with Crippen molar-refractivity contribution in [2.75, 3.05) is 5.73 Å². The van der Waals surface area contributed by atoms with E-state index >= 15 is 0 Å². The highest BCUT2D eigenvalue weighted by Gasteiger charge is 2.00. The van der Waals surface area contributed by atoms with Crippen LogP contribution in [0, 0.1) is 6.92 Å². The fraction of sp³-hybridized carbons (Fsp3) is 0.333. The number of hydrogen-bond donors (Lipinski definition) is 1. The predicted molar refractivity (Wildman–Crippen MR) is 67.5 cm³/mol.